The Balaban J connectivity index is 0.999. The zero-order chi connectivity index (χ0) is 26.9. The van der Waals surface area contributed by atoms with Gasteiger partial charge in [0.05, 0.1) is 19.3 Å². The summed E-state index contributed by atoms with van der Waals surface area (Å²) < 4.78 is 10.9. The molecule has 3 aliphatic carbocycles. The molecule has 0 bridgehead atoms. The molecule has 11 nitrogen and oxygen atoms in total. The maximum absolute atomic E-state index is 12.6. The molecule has 2 heterocycles. The van der Waals surface area contributed by atoms with Crippen molar-refractivity contribution in [2.24, 2.45) is 0 Å². The molecule has 0 atom stereocenters. The fourth-order valence-corrected chi connectivity index (χ4v) is 6.12. The maximum atomic E-state index is 12.6. The van der Waals surface area contributed by atoms with Crippen LogP contribution in [0.15, 0.2) is 18.3 Å². The SMILES string of the molecule is COCCO[C@H]1CC[C@H](NC(=O)N[C@H]2CC[C@H](Nc3nccc(Nc4cc(C5CCCC5)[nH]n4)n3)CC2)CC1. The molecule has 0 saturated heterocycles. The normalized spacial score (nSPS) is 25.8. The number of H-pyrrole nitrogens is 1. The van der Waals surface area contributed by atoms with Crippen molar-refractivity contribution in [3.8, 4) is 0 Å². The molecule has 5 rings (SSSR count). The number of aromatic nitrogens is 4. The van der Waals surface area contributed by atoms with Crippen molar-refractivity contribution >= 4 is 23.6 Å². The first-order chi connectivity index (χ1) is 19.1. The summed E-state index contributed by atoms with van der Waals surface area (Å²) >= 11 is 0. The van der Waals surface area contributed by atoms with Crippen molar-refractivity contribution in [2.45, 2.75) is 107 Å². The summed E-state index contributed by atoms with van der Waals surface area (Å²) in [5.74, 6) is 2.72. The van der Waals surface area contributed by atoms with Gasteiger partial charge in [-0.2, -0.15) is 10.1 Å². The Morgan fingerprint density at radius 2 is 1.62 bits per heavy atom. The molecule has 0 unspecified atom stereocenters. The van der Waals surface area contributed by atoms with Crippen molar-refractivity contribution < 1.29 is 14.3 Å². The maximum Gasteiger partial charge on any atom is 0.315 e. The highest BCUT2D eigenvalue weighted by Gasteiger charge is 2.26. The second-order valence-corrected chi connectivity index (χ2v) is 11.2. The van der Waals surface area contributed by atoms with Gasteiger partial charge in [-0.1, -0.05) is 12.8 Å². The number of amides is 2. The van der Waals surface area contributed by atoms with Gasteiger partial charge >= 0.3 is 6.03 Å². The zero-order valence-corrected chi connectivity index (χ0v) is 23.1. The van der Waals surface area contributed by atoms with E-state index in [4.69, 9.17) is 9.47 Å². The second kappa shape index (κ2) is 13.9. The molecule has 0 aliphatic heterocycles. The van der Waals surface area contributed by atoms with Crippen molar-refractivity contribution in [3.05, 3.63) is 24.0 Å². The largest absolute Gasteiger partial charge is 0.382 e. The van der Waals surface area contributed by atoms with Gasteiger partial charge in [0.1, 0.15) is 5.82 Å². The van der Waals surface area contributed by atoms with Crippen LogP contribution in [0.3, 0.4) is 0 Å². The van der Waals surface area contributed by atoms with E-state index < -0.39 is 0 Å². The van der Waals surface area contributed by atoms with Crippen LogP contribution in [0.1, 0.15) is 88.7 Å². The first-order valence-electron chi connectivity index (χ1n) is 14.7. The van der Waals surface area contributed by atoms with Gasteiger partial charge in [0, 0.05) is 49.1 Å². The third kappa shape index (κ3) is 8.28. The summed E-state index contributed by atoms with van der Waals surface area (Å²) in [5.41, 5.74) is 1.21. The number of nitrogens with zero attached hydrogens (tertiary/aromatic N) is 3. The quantitative estimate of drug-likeness (QED) is 0.261. The summed E-state index contributed by atoms with van der Waals surface area (Å²) in [5, 5.41) is 20.7. The molecule has 2 aromatic rings. The third-order valence-electron chi connectivity index (χ3n) is 8.35. The molecule has 3 aliphatic rings. The van der Waals surface area contributed by atoms with Gasteiger partial charge in [0.15, 0.2) is 5.82 Å². The fourth-order valence-electron chi connectivity index (χ4n) is 6.12. The van der Waals surface area contributed by atoms with Gasteiger partial charge in [-0.3, -0.25) is 5.10 Å². The number of urea groups is 1. The van der Waals surface area contributed by atoms with Crippen LogP contribution in [0.4, 0.5) is 22.4 Å². The van der Waals surface area contributed by atoms with Gasteiger partial charge in [0.25, 0.3) is 0 Å². The smallest absolute Gasteiger partial charge is 0.315 e. The molecule has 214 valence electrons. The molecule has 3 saturated carbocycles. The monoisotopic (exact) mass is 540 g/mol. The second-order valence-electron chi connectivity index (χ2n) is 11.2. The van der Waals surface area contributed by atoms with Gasteiger partial charge in [-0.25, -0.2) is 9.78 Å². The number of carbonyl (C=O) groups is 1. The van der Waals surface area contributed by atoms with Gasteiger partial charge in [0.2, 0.25) is 5.95 Å². The van der Waals surface area contributed by atoms with E-state index in [1.807, 2.05) is 6.07 Å². The van der Waals surface area contributed by atoms with E-state index in [9.17, 15) is 4.79 Å². The van der Waals surface area contributed by atoms with E-state index in [1.165, 1.54) is 31.4 Å². The first kappa shape index (κ1) is 27.6. The number of anilines is 3. The summed E-state index contributed by atoms with van der Waals surface area (Å²) in [6.07, 6.45) is 14.8. The Labute approximate surface area is 231 Å². The molecule has 0 spiro atoms. The van der Waals surface area contributed by atoms with Crippen LogP contribution >= 0.6 is 0 Å². The fraction of sp³-hybridized carbons (Fsp3) is 0.714. The number of nitrogens with one attached hydrogen (secondary N) is 5. The van der Waals surface area contributed by atoms with Crippen LogP contribution < -0.4 is 21.3 Å². The van der Waals surface area contributed by atoms with E-state index in [0.29, 0.717) is 25.1 Å². The lowest BCUT2D eigenvalue weighted by atomic mass is 9.91. The van der Waals surface area contributed by atoms with E-state index in [0.717, 1.165) is 63.0 Å². The lowest BCUT2D eigenvalue weighted by Gasteiger charge is -2.32. The van der Waals surface area contributed by atoms with Gasteiger partial charge in [-0.05, 0) is 70.3 Å². The first-order valence-corrected chi connectivity index (χ1v) is 14.7. The number of rotatable bonds is 11. The molecule has 0 aromatic carbocycles. The van der Waals surface area contributed by atoms with E-state index in [2.05, 4.69) is 47.5 Å². The van der Waals surface area contributed by atoms with Crippen LogP contribution in [-0.4, -0.2) is 70.7 Å². The minimum absolute atomic E-state index is 0.0493. The molecule has 5 N–H and O–H groups in total. The van der Waals surface area contributed by atoms with Crippen LogP contribution in [0.2, 0.25) is 0 Å². The number of ether oxygens (including phenoxy) is 2. The number of carbonyl (C=O) groups excluding carboxylic acids is 1. The van der Waals surface area contributed by atoms with E-state index in [1.54, 1.807) is 13.3 Å². The van der Waals surface area contributed by atoms with Crippen molar-refractivity contribution in [1.29, 1.82) is 0 Å². The highest BCUT2D eigenvalue weighted by atomic mass is 16.5. The molecule has 39 heavy (non-hydrogen) atoms. The molecule has 11 heteroatoms. The Morgan fingerprint density at radius 3 is 2.33 bits per heavy atom. The minimum atomic E-state index is -0.0493. The van der Waals surface area contributed by atoms with Gasteiger partial charge in [-0.15, -0.1) is 0 Å². The van der Waals surface area contributed by atoms with Crippen LogP contribution in [0.25, 0.3) is 0 Å². The predicted octanol–water partition coefficient (Wildman–Crippen LogP) is 4.60. The molecular weight excluding hydrogens is 496 g/mol. The molecule has 3 fully saturated rings. The Kier molecular flexibility index (Phi) is 9.87. The zero-order valence-electron chi connectivity index (χ0n) is 23.1. The predicted molar refractivity (Wildman–Crippen MR) is 150 cm³/mol. The van der Waals surface area contributed by atoms with Crippen LogP contribution in [0.5, 0.6) is 0 Å². The number of aromatic amines is 1. The standard InChI is InChI=1S/C28H44N8O3/c1-38-16-17-39-23-12-10-22(11-13-23)32-28(37)31-21-8-6-20(7-9-21)30-27-29-15-14-25(34-27)33-26-18-24(35-36-26)19-4-2-3-5-19/h14-15,18-23H,2-13,16-17H2,1H3,(H2,31,32,37)(H3,29,30,33,34,35,36)/t20-,21-,22-,23-. The number of methoxy groups -OCH3 is 1. The minimum Gasteiger partial charge on any atom is -0.382 e. The lowest BCUT2D eigenvalue weighted by molar-refractivity contribution is -0.00370. The van der Waals surface area contributed by atoms with E-state index in [-0.39, 0.29) is 30.3 Å². The molecule has 2 aromatic heterocycles. The van der Waals surface area contributed by atoms with Crippen molar-refractivity contribution in [3.63, 3.8) is 0 Å². The van der Waals surface area contributed by atoms with Crippen molar-refractivity contribution in [1.82, 2.24) is 30.8 Å². The summed E-state index contributed by atoms with van der Waals surface area (Å²) in [4.78, 5) is 21.6. The van der Waals surface area contributed by atoms with Crippen LogP contribution in [-0.2, 0) is 9.47 Å². The average molecular weight is 541 g/mol. The van der Waals surface area contributed by atoms with E-state index >= 15 is 0 Å². The number of hydrogen-bond donors (Lipinski definition) is 5. The molecule has 0 radical (unpaired) electrons. The molecular formula is C28H44N8O3. The highest BCUT2D eigenvalue weighted by molar-refractivity contribution is 5.74. The lowest BCUT2D eigenvalue weighted by Crippen LogP contribution is -2.49. The number of hydrogen-bond acceptors (Lipinski definition) is 8. The Bertz CT molecular complexity index is 1030. The summed E-state index contributed by atoms with van der Waals surface area (Å²) in [6, 6.07) is 4.61. The summed E-state index contributed by atoms with van der Waals surface area (Å²) in [6.45, 7) is 1.26. The van der Waals surface area contributed by atoms with Gasteiger partial charge < -0.3 is 30.7 Å². The third-order valence-corrected chi connectivity index (χ3v) is 8.35. The van der Waals surface area contributed by atoms with Crippen molar-refractivity contribution in [2.75, 3.05) is 31.0 Å². The van der Waals surface area contributed by atoms with Crippen LogP contribution in [0, 0.1) is 0 Å². The summed E-state index contributed by atoms with van der Waals surface area (Å²) in [7, 11) is 1.69. The molecule has 2 amide bonds. The Hall–Kier alpha value is -2.92. The Morgan fingerprint density at radius 1 is 0.923 bits per heavy atom. The topological polar surface area (TPSA) is 138 Å². The average Bonchev–Trinajstić information content (AvgIpc) is 3.64. The highest BCUT2D eigenvalue weighted by Crippen LogP contribution is 2.34.